The molecule has 0 fully saturated rings. The predicted molar refractivity (Wildman–Crippen MR) is 97.2 cm³/mol. The van der Waals surface area contributed by atoms with E-state index in [0.717, 1.165) is 22.6 Å². The van der Waals surface area contributed by atoms with E-state index < -0.39 is 0 Å². The maximum absolute atomic E-state index is 12.9. The van der Waals surface area contributed by atoms with Gasteiger partial charge in [-0.3, -0.25) is 4.79 Å². The molecule has 6 heteroatoms. The van der Waals surface area contributed by atoms with Crippen molar-refractivity contribution < 1.29 is 18.7 Å². The van der Waals surface area contributed by atoms with Gasteiger partial charge >= 0.3 is 0 Å². The van der Waals surface area contributed by atoms with Crippen LogP contribution in [0.25, 0.3) is 0 Å². The Hall–Kier alpha value is -2.21. The van der Waals surface area contributed by atoms with E-state index in [-0.39, 0.29) is 23.6 Å². The molecule has 4 nitrogen and oxygen atoms in total. The van der Waals surface area contributed by atoms with Crippen LogP contribution in [0.2, 0.25) is 0 Å². The van der Waals surface area contributed by atoms with E-state index in [0.29, 0.717) is 18.0 Å². The van der Waals surface area contributed by atoms with Crippen molar-refractivity contribution in [1.29, 1.82) is 0 Å². The van der Waals surface area contributed by atoms with Crippen LogP contribution in [0.4, 0.5) is 10.1 Å². The third-order valence-corrected chi connectivity index (χ3v) is 4.77. The molecular formula is C19H20FNO3S. The molecule has 0 saturated heterocycles. The Morgan fingerprint density at radius 1 is 1.36 bits per heavy atom. The van der Waals surface area contributed by atoms with Crippen LogP contribution < -0.4 is 14.8 Å². The maximum atomic E-state index is 12.9. The van der Waals surface area contributed by atoms with Crippen LogP contribution in [0.1, 0.15) is 19.4 Å². The number of ether oxygens (including phenoxy) is 2. The highest BCUT2D eigenvalue weighted by atomic mass is 32.2. The molecule has 0 bridgehead atoms. The van der Waals surface area contributed by atoms with Gasteiger partial charge in [0.2, 0.25) is 5.91 Å². The predicted octanol–water partition coefficient (Wildman–Crippen LogP) is 4.28. The molecule has 0 aromatic heterocycles. The summed E-state index contributed by atoms with van der Waals surface area (Å²) in [5.41, 5.74) is 1.70. The fourth-order valence-electron chi connectivity index (χ4n) is 2.68. The van der Waals surface area contributed by atoms with Crippen molar-refractivity contribution >= 4 is 23.4 Å². The Morgan fingerprint density at radius 2 is 2.12 bits per heavy atom. The molecule has 132 valence electrons. The lowest BCUT2D eigenvalue weighted by Gasteiger charge is -2.13. The zero-order valence-corrected chi connectivity index (χ0v) is 15.0. The molecular weight excluding hydrogens is 341 g/mol. The van der Waals surface area contributed by atoms with Gasteiger partial charge in [0.25, 0.3) is 0 Å². The van der Waals surface area contributed by atoms with E-state index in [1.807, 2.05) is 26.0 Å². The lowest BCUT2D eigenvalue weighted by atomic mass is 10.1. The van der Waals surface area contributed by atoms with Crippen LogP contribution in [-0.4, -0.2) is 24.4 Å². The number of rotatable bonds is 6. The van der Waals surface area contributed by atoms with Crippen LogP contribution in [0.15, 0.2) is 41.3 Å². The Kier molecular flexibility index (Phi) is 5.48. The van der Waals surface area contributed by atoms with E-state index >= 15 is 0 Å². The molecule has 0 spiro atoms. The summed E-state index contributed by atoms with van der Waals surface area (Å²) >= 11 is 1.35. The number of fused-ring (bicyclic) bond motifs is 1. The number of nitrogens with one attached hydrogen (secondary N) is 1. The van der Waals surface area contributed by atoms with E-state index in [4.69, 9.17) is 9.47 Å². The molecule has 1 aliphatic heterocycles. The number of halogens is 1. The summed E-state index contributed by atoms with van der Waals surface area (Å²) in [4.78, 5) is 13.1. The van der Waals surface area contributed by atoms with E-state index in [2.05, 4.69) is 5.32 Å². The SMILES string of the molecule is CCOc1cc2c(cc1NC(=O)CSc1ccc(F)cc1)OC(C)C2. The molecule has 1 amide bonds. The van der Waals surface area contributed by atoms with Crippen LogP contribution in [-0.2, 0) is 11.2 Å². The number of benzene rings is 2. The molecule has 1 heterocycles. The van der Waals surface area contributed by atoms with Crippen molar-refractivity contribution in [3.63, 3.8) is 0 Å². The van der Waals surface area contributed by atoms with Gasteiger partial charge in [0, 0.05) is 22.9 Å². The molecule has 25 heavy (non-hydrogen) atoms. The van der Waals surface area contributed by atoms with E-state index in [9.17, 15) is 9.18 Å². The molecule has 0 aliphatic carbocycles. The third-order valence-electron chi connectivity index (χ3n) is 3.76. The fraction of sp³-hybridized carbons (Fsp3) is 0.316. The third kappa shape index (κ3) is 4.45. The molecule has 0 saturated carbocycles. The molecule has 1 N–H and O–H groups in total. The van der Waals surface area contributed by atoms with Crippen molar-refractivity contribution in [1.82, 2.24) is 0 Å². The monoisotopic (exact) mass is 361 g/mol. The number of amides is 1. The molecule has 2 aromatic carbocycles. The van der Waals surface area contributed by atoms with Crippen LogP contribution in [0.3, 0.4) is 0 Å². The molecule has 1 unspecified atom stereocenters. The van der Waals surface area contributed by atoms with Gasteiger partial charge < -0.3 is 14.8 Å². The van der Waals surface area contributed by atoms with Gasteiger partial charge in [0.15, 0.2) is 0 Å². The van der Waals surface area contributed by atoms with Crippen molar-refractivity contribution in [2.75, 3.05) is 17.7 Å². The number of hydrogen-bond acceptors (Lipinski definition) is 4. The number of anilines is 1. The minimum Gasteiger partial charge on any atom is -0.492 e. The average Bonchev–Trinajstić information content (AvgIpc) is 2.94. The molecule has 1 aliphatic rings. The normalized spacial score (nSPS) is 15.4. The van der Waals surface area contributed by atoms with Crippen molar-refractivity contribution in [2.45, 2.75) is 31.3 Å². The quantitative estimate of drug-likeness (QED) is 0.780. The summed E-state index contributed by atoms with van der Waals surface area (Å²) in [5, 5.41) is 2.88. The zero-order chi connectivity index (χ0) is 17.8. The Labute approximate surface area is 150 Å². The van der Waals surface area contributed by atoms with Crippen LogP contribution >= 0.6 is 11.8 Å². The van der Waals surface area contributed by atoms with Crippen molar-refractivity contribution in [3.8, 4) is 11.5 Å². The Morgan fingerprint density at radius 3 is 2.84 bits per heavy atom. The maximum Gasteiger partial charge on any atom is 0.234 e. The summed E-state index contributed by atoms with van der Waals surface area (Å²) in [5.74, 6) is 1.23. The standard InChI is InChI=1S/C19H20FNO3S/c1-3-23-18-9-13-8-12(2)24-17(13)10-16(18)21-19(22)11-25-15-6-4-14(20)5-7-15/h4-7,9-10,12H,3,8,11H2,1-2H3,(H,21,22). The number of hydrogen-bond donors (Lipinski definition) is 1. The first-order valence-electron chi connectivity index (χ1n) is 8.19. The van der Waals surface area contributed by atoms with Gasteiger partial charge in [-0.1, -0.05) is 0 Å². The van der Waals surface area contributed by atoms with Gasteiger partial charge in [0.05, 0.1) is 18.0 Å². The summed E-state index contributed by atoms with van der Waals surface area (Å²) in [7, 11) is 0. The van der Waals surface area contributed by atoms with Gasteiger partial charge in [0.1, 0.15) is 23.4 Å². The highest BCUT2D eigenvalue weighted by molar-refractivity contribution is 8.00. The number of carbonyl (C=O) groups is 1. The van der Waals surface area contributed by atoms with Crippen LogP contribution in [0.5, 0.6) is 11.5 Å². The summed E-state index contributed by atoms with van der Waals surface area (Å²) < 4.78 is 24.3. The zero-order valence-electron chi connectivity index (χ0n) is 14.2. The Balaban J connectivity index is 1.67. The molecule has 0 radical (unpaired) electrons. The summed E-state index contributed by atoms with van der Waals surface area (Å²) in [6, 6.07) is 9.83. The first kappa shape index (κ1) is 17.6. The smallest absolute Gasteiger partial charge is 0.234 e. The van der Waals surface area contributed by atoms with Gasteiger partial charge in [-0.15, -0.1) is 11.8 Å². The fourth-order valence-corrected chi connectivity index (χ4v) is 3.38. The van der Waals surface area contributed by atoms with Crippen molar-refractivity contribution in [2.24, 2.45) is 0 Å². The van der Waals surface area contributed by atoms with Gasteiger partial charge in [-0.05, 0) is 44.2 Å². The first-order valence-corrected chi connectivity index (χ1v) is 9.18. The van der Waals surface area contributed by atoms with Gasteiger partial charge in [-0.25, -0.2) is 4.39 Å². The average molecular weight is 361 g/mol. The topological polar surface area (TPSA) is 47.6 Å². The second-order valence-corrected chi connectivity index (χ2v) is 6.86. The highest BCUT2D eigenvalue weighted by Crippen LogP contribution is 2.38. The van der Waals surface area contributed by atoms with Gasteiger partial charge in [-0.2, -0.15) is 0 Å². The highest BCUT2D eigenvalue weighted by Gasteiger charge is 2.22. The van der Waals surface area contributed by atoms with E-state index in [1.165, 1.54) is 23.9 Å². The number of thioether (sulfide) groups is 1. The van der Waals surface area contributed by atoms with Crippen LogP contribution in [0, 0.1) is 5.82 Å². The minimum absolute atomic E-state index is 0.129. The number of carbonyl (C=O) groups excluding carboxylic acids is 1. The molecule has 1 atom stereocenters. The lowest BCUT2D eigenvalue weighted by molar-refractivity contribution is -0.113. The molecule has 2 aromatic rings. The summed E-state index contributed by atoms with van der Waals surface area (Å²) in [6.45, 7) is 4.43. The van der Waals surface area contributed by atoms with Crippen molar-refractivity contribution in [3.05, 3.63) is 47.8 Å². The lowest BCUT2D eigenvalue weighted by Crippen LogP contribution is -2.15. The second-order valence-electron chi connectivity index (χ2n) is 5.81. The molecule has 3 rings (SSSR count). The second kappa shape index (κ2) is 7.78. The first-order chi connectivity index (χ1) is 12.0. The minimum atomic E-state index is -0.289. The summed E-state index contributed by atoms with van der Waals surface area (Å²) in [6.07, 6.45) is 0.966. The largest absolute Gasteiger partial charge is 0.492 e. The Bertz CT molecular complexity index is 764. The van der Waals surface area contributed by atoms with E-state index in [1.54, 1.807) is 12.1 Å².